The molecule has 0 amide bonds. The van der Waals surface area contributed by atoms with E-state index in [9.17, 15) is 0 Å². The summed E-state index contributed by atoms with van der Waals surface area (Å²) in [5, 5.41) is 17.9. The third-order valence-corrected chi connectivity index (χ3v) is 2.68. The van der Waals surface area contributed by atoms with Crippen molar-refractivity contribution >= 4 is 11.8 Å². The summed E-state index contributed by atoms with van der Waals surface area (Å²) in [4.78, 5) is 0. The van der Waals surface area contributed by atoms with Gasteiger partial charge in [-0.2, -0.15) is 0 Å². The van der Waals surface area contributed by atoms with Crippen LogP contribution in [0.5, 0.6) is 0 Å². The largest absolute Gasteiger partial charge is 0.395 e. The lowest BCUT2D eigenvalue weighted by molar-refractivity contribution is 0.251. The summed E-state index contributed by atoms with van der Waals surface area (Å²) in [5.41, 5.74) is 0. The Labute approximate surface area is 73.0 Å². The average Bonchev–Trinajstić information content (AvgIpc) is 1.86. The molecule has 0 saturated carbocycles. The molecule has 2 nitrogen and oxygen atoms in total. The standard InChI is InChI=1S/C8H18O2S/c1-7(2,5-9)11-8(3,4)6-10/h9-10H,5-6H2,1-4H3. The molecule has 3 heteroatoms. The van der Waals surface area contributed by atoms with Crippen molar-refractivity contribution in [2.24, 2.45) is 0 Å². The van der Waals surface area contributed by atoms with Gasteiger partial charge in [-0.1, -0.05) is 0 Å². The van der Waals surface area contributed by atoms with Crippen molar-refractivity contribution in [1.29, 1.82) is 0 Å². The van der Waals surface area contributed by atoms with Crippen LogP contribution >= 0.6 is 11.8 Å². The Bertz CT molecular complexity index is 107. The van der Waals surface area contributed by atoms with E-state index >= 15 is 0 Å². The summed E-state index contributed by atoms with van der Waals surface area (Å²) in [7, 11) is 0. The molecular formula is C8H18O2S. The van der Waals surface area contributed by atoms with E-state index in [0.717, 1.165) is 0 Å². The minimum Gasteiger partial charge on any atom is -0.395 e. The van der Waals surface area contributed by atoms with Gasteiger partial charge in [0.1, 0.15) is 0 Å². The van der Waals surface area contributed by atoms with Crippen LogP contribution in [0.2, 0.25) is 0 Å². The Balaban J connectivity index is 4.02. The summed E-state index contributed by atoms with van der Waals surface area (Å²) in [6.07, 6.45) is 0. The maximum Gasteiger partial charge on any atom is 0.0573 e. The Morgan fingerprint density at radius 2 is 1.18 bits per heavy atom. The van der Waals surface area contributed by atoms with Gasteiger partial charge in [-0.15, -0.1) is 11.8 Å². The first-order valence-electron chi connectivity index (χ1n) is 3.75. The van der Waals surface area contributed by atoms with Gasteiger partial charge in [0.25, 0.3) is 0 Å². The van der Waals surface area contributed by atoms with Crippen molar-refractivity contribution in [2.45, 2.75) is 37.2 Å². The highest BCUT2D eigenvalue weighted by Gasteiger charge is 2.28. The minimum atomic E-state index is -0.160. The summed E-state index contributed by atoms with van der Waals surface area (Å²) >= 11 is 1.60. The summed E-state index contributed by atoms with van der Waals surface area (Å²) in [6, 6.07) is 0. The predicted octanol–water partition coefficient (Wildman–Crippen LogP) is 1.26. The van der Waals surface area contributed by atoms with Gasteiger partial charge in [0.2, 0.25) is 0 Å². The first kappa shape index (κ1) is 11.3. The van der Waals surface area contributed by atoms with Crippen LogP contribution in [0.25, 0.3) is 0 Å². The number of aliphatic hydroxyl groups is 2. The second-order valence-corrected chi connectivity index (χ2v) is 6.35. The van der Waals surface area contributed by atoms with Crippen LogP contribution < -0.4 is 0 Å². The van der Waals surface area contributed by atoms with E-state index in [0.29, 0.717) is 0 Å². The van der Waals surface area contributed by atoms with Crippen LogP contribution in [0.4, 0.5) is 0 Å². The normalized spacial score (nSPS) is 13.6. The molecule has 0 heterocycles. The van der Waals surface area contributed by atoms with Crippen LogP contribution in [0.1, 0.15) is 27.7 Å². The summed E-state index contributed by atoms with van der Waals surface area (Å²) in [6.45, 7) is 8.15. The molecule has 0 aromatic heterocycles. The third-order valence-electron chi connectivity index (χ3n) is 1.31. The number of rotatable bonds is 4. The first-order chi connectivity index (χ1) is 4.83. The molecular weight excluding hydrogens is 160 g/mol. The van der Waals surface area contributed by atoms with Crippen LogP contribution in [0.3, 0.4) is 0 Å². The SMILES string of the molecule is CC(C)(CO)SC(C)(C)CO. The highest BCUT2D eigenvalue weighted by atomic mass is 32.2. The van der Waals surface area contributed by atoms with Gasteiger partial charge in [-0.25, -0.2) is 0 Å². The second-order valence-electron chi connectivity index (χ2n) is 3.94. The lowest BCUT2D eigenvalue weighted by Gasteiger charge is -2.31. The fourth-order valence-electron chi connectivity index (χ4n) is 0.813. The lowest BCUT2D eigenvalue weighted by atomic mass is 10.2. The molecule has 0 radical (unpaired) electrons. The number of hydrogen-bond acceptors (Lipinski definition) is 3. The minimum absolute atomic E-state index is 0.140. The van der Waals surface area contributed by atoms with Gasteiger partial charge in [-0.3, -0.25) is 0 Å². The quantitative estimate of drug-likeness (QED) is 0.681. The molecule has 0 aliphatic carbocycles. The molecule has 11 heavy (non-hydrogen) atoms. The fourth-order valence-corrected chi connectivity index (χ4v) is 2.44. The van der Waals surface area contributed by atoms with Crippen molar-refractivity contribution in [3.05, 3.63) is 0 Å². The number of hydrogen-bond donors (Lipinski definition) is 2. The molecule has 0 rings (SSSR count). The van der Waals surface area contributed by atoms with Crippen LogP contribution in [0.15, 0.2) is 0 Å². The average molecular weight is 178 g/mol. The van der Waals surface area contributed by atoms with Gasteiger partial charge in [0.15, 0.2) is 0 Å². The van der Waals surface area contributed by atoms with E-state index in [-0.39, 0.29) is 22.7 Å². The van der Waals surface area contributed by atoms with E-state index in [1.54, 1.807) is 11.8 Å². The van der Waals surface area contributed by atoms with Crippen molar-refractivity contribution < 1.29 is 10.2 Å². The van der Waals surface area contributed by atoms with Crippen LogP contribution in [-0.4, -0.2) is 32.9 Å². The van der Waals surface area contributed by atoms with Crippen molar-refractivity contribution in [2.75, 3.05) is 13.2 Å². The number of aliphatic hydroxyl groups excluding tert-OH is 2. The van der Waals surface area contributed by atoms with Gasteiger partial charge in [0.05, 0.1) is 13.2 Å². The van der Waals surface area contributed by atoms with Gasteiger partial charge >= 0.3 is 0 Å². The van der Waals surface area contributed by atoms with Crippen LogP contribution in [-0.2, 0) is 0 Å². The molecule has 0 fully saturated rings. The predicted molar refractivity (Wildman–Crippen MR) is 49.9 cm³/mol. The summed E-state index contributed by atoms with van der Waals surface area (Å²) in [5.74, 6) is 0. The fraction of sp³-hybridized carbons (Fsp3) is 1.00. The molecule has 0 aliphatic heterocycles. The van der Waals surface area contributed by atoms with E-state index in [4.69, 9.17) is 10.2 Å². The van der Waals surface area contributed by atoms with Crippen LogP contribution in [0, 0.1) is 0 Å². The Morgan fingerprint density at radius 1 is 0.909 bits per heavy atom. The highest BCUT2D eigenvalue weighted by Crippen LogP contribution is 2.35. The zero-order chi connectivity index (χ0) is 9.12. The molecule has 0 unspecified atom stereocenters. The molecule has 0 spiro atoms. The summed E-state index contributed by atoms with van der Waals surface area (Å²) < 4.78 is -0.321. The van der Waals surface area contributed by atoms with Gasteiger partial charge in [-0.05, 0) is 27.7 Å². The highest BCUT2D eigenvalue weighted by molar-refractivity contribution is 8.01. The molecule has 0 bridgehead atoms. The molecule has 2 N–H and O–H groups in total. The molecule has 0 aromatic carbocycles. The first-order valence-corrected chi connectivity index (χ1v) is 4.56. The molecule has 68 valence electrons. The van der Waals surface area contributed by atoms with E-state index < -0.39 is 0 Å². The van der Waals surface area contributed by atoms with Crippen molar-refractivity contribution in [1.82, 2.24) is 0 Å². The molecule has 0 aliphatic rings. The Hall–Kier alpha value is 0.270. The third kappa shape index (κ3) is 4.67. The lowest BCUT2D eigenvalue weighted by Crippen LogP contribution is -2.31. The molecule has 0 aromatic rings. The molecule has 0 atom stereocenters. The monoisotopic (exact) mass is 178 g/mol. The maximum atomic E-state index is 8.95. The van der Waals surface area contributed by atoms with Gasteiger partial charge < -0.3 is 10.2 Å². The Kier molecular flexibility index (Phi) is 3.88. The smallest absolute Gasteiger partial charge is 0.0573 e. The molecule has 0 saturated heterocycles. The van der Waals surface area contributed by atoms with Crippen molar-refractivity contribution in [3.63, 3.8) is 0 Å². The topological polar surface area (TPSA) is 40.5 Å². The van der Waals surface area contributed by atoms with Crippen molar-refractivity contribution in [3.8, 4) is 0 Å². The second kappa shape index (κ2) is 3.78. The Morgan fingerprint density at radius 3 is 1.36 bits per heavy atom. The van der Waals surface area contributed by atoms with E-state index in [2.05, 4.69) is 0 Å². The van der Waals surface area contributed by atoms with E-state index in [1.807, 2.05) is 27.7 Å². The van der Waals surface area contributed by atoms with Gasteiger partial charge in [0, 0.05) is 9.49 Å². The zero-order valence-electron chi connectivity index (χ0n) is 7.72. The zero-order valence-corrected chi connectivity index (χ0v) is 8.53. The maximum absolute atomic E-state index is 8.95. The number of thioether (sulfide) groups is 1. The van der Waals surface area contributed by atoms with E-state index in [1.165, 1.54) is 0 Å².